The molecule has 3 rings (SSSR count). The third-order valence-corrected chi connectivity index (χ3v) is 3.48. The van der Waals surface area contributed by atoms with Crippen LogP contribution < -0.4 is 4.74 Å². The van der Waals surface area contributed by atoms with E-state index in [2.05, 4.69) is 10.2 Å². The quantitative estimate of drug-likeness (QED) is 0.644. The maximum atomic E-state index is 13.2. The fraction of sp³-hybridized carbons (Fsp3) is 0.118. The fourth-order valence-electron chi connectivity index (χ4n) is 2.06. The predicted octanol–water partition coefficient (Wildman–Crippen LogP) is 4.31. The van der Waals surface area contributed by atoms with Crippen LogP contribution in [0.1, 0.15) is 23.2 Å². The van der Waals surface area contributed by atoms with Gasteiger partial charge in [-0.05, 0) is 49.4 Å². The number of benzene rings is 2. The number of carbonyl (C=O) groups is 1. The number of ether oxygens (including phenoxy) is 1. The molecule has 0 unspecified atom stereocenters. The van der Waals surface area contributed by atoms with E-state index in [4.69, 9.17) is 20.8 Å². The molecule has 0 saturated carbocycles. The molecule has 24 heavy (non-hydrogen) atoms. The summed E-state index contributed by atoms with van der Waals surface area (Å²) in [5.74, 6) is 0.0253. The lowest BCUT2D eigenvalue weighted by atomic mass is 10.1. The van der Waals surface area contributed by atoms with E-state index in [0.717, 1.165) is 11.6 Å². The van der Waals surface area contributed by atoms with Gasteiger partial charge in [-0.15, -0.1) is 10.2 Å². The van der Waals surface area contributed by atoms with Crippen LogP contribution in [-0.2, 0) is 6.61 Å². The van der Waals surface area contributed by atoms with Crippen molar-refractivity contribution < 1.29 is 18.3 Å². The molecule has 5 nitrogen and oxygen atoms in total. The summed E-state index contributed by atoms with van der Waals surface area (Å²) in [4.78, 5) is 11.5. The van der Waals surface area contributed by atoms with Gasteiger partial charge in [-0.25, -0.2) is 4.39 Å². The highest BCUT2D eigenvalue weighted by atomic mass is 35.5. The van der Waals surface area contributed by atoms with Crippen molar-refractivity contribution in [3.8, 4) is 17.2 Å². The van der Waals surface area contributed by atoms with Crippen molar-refractivity contribution in [1.82, 2.24) is 10.2 Å². The Labute approximate surface area is 142 Å². The number of aromatic nitrogens is 2. The maximum absolute atomic E-state index is 13.2. The lowest BCUT2D eigenvalue weighted by molar-refractivity contribution is 0.101. The van der Waals surface area contributed by atoms with Crippen molar-refractivity contribution in [2.45, 2.75) is 13.5 Å². The number of rotatable bonds is 5. The Morgan fingerprint density at radius 2 is 1.96 bits per heavy atom. The fourth-order valence-corrected chi connectivity index (χ4v) is 2.19. The Bertz CT molecular complexity index is 878. The van der Waals surface area contributed by atoms with Crippen molar-refractivity contribution in [3.63, 3.8) is 0 Å². The molecule has 7 heteroatoms. The highest BCUT2D eigenvalue weighted by Crippen LogP contribution is 2.23. The molecule has 0 amide bonds. The van der Waals surface area contributed by atoms with Gasteiger partial charge in [0.25, 0.3) is 5.89 Å². The third kappa shape index (κ3) is 3.60. The van der Waals surface area contributed by atoms with Crippen LogP contribution in [0.3, 0.4) is 0 Å². The van der Waals surface area contributed by atoms with Gasteiger partial charge in [-0.3, -0.25) is 4.79 Å². The minimum absolute atomic E-state index is 0.0352. The number of nitrogens with zero attached hydrogens (tertiary/aromatic N) is 2. The van der Waals surface area contributed by atoms with Crippen LogP contribution in [0.25, 0.3) is 11.5 Å². The van der Waals surface area contributed by atoms with Crippen LogP contribution in [0.2, 0.25) is 5.02 Å². The Morgan fingerprint density at radius 1 is 1.21 bits per heavy atom. The van der Waals surface area contributed by atoms with Crippen LogP contribution in [0.15, 0.2) is 46.9 Å². The van der Waals surface area contributed by atoms with Crippen LogP contribution in [0, 0.1) is 5.82 Å². The average molecular weight is 347 g/mol. The smallest absolute Gasteiger partial charge is 0.254 e. The molecule has 0 fully saturated rings. The molecule has 0 spiro atoms. The van der Waals surface area contributed by atoms with Gasteiger partial charge in [-0.1, -0.05) is 11.6 Å². The van der Waals surface area contributed by atoms with E-state index in [1.165, 1.54) is 19.1 Å². The first kappa shape index (κ1) is 16.1. The molecule has 0 atom stereocenters. The Kier molecular flexibility index (Phi) is 4.57. The Hall–Kier alpha value is -2.73. The van der Waals surface area contributed by atoms with Gasteiger partial charge in [0.15, 0.2) is 12.4 Å². The van der Waals surface area contributed by atoms with Crippen molar-refractivity contribution in [2.24, 2.45) is 0 Å². The van der Waals surface area contributed by atoms with E-state index < -0.39 is 5.82 Å². The highest BCUT2D eigenvalue weighted by molar-refractivity contribution is 6.30. The van der Waals surface area contributed by atoms with E-state index in [-0.39, 0.29) is 29.6 Å². The second kappa shape index (κ2) is 6.80. The zero-order chi connectivity index (χ0) is 17.1. The molecule has 122 valence electrons. The van der Waals surface area contributed by atoms with Crippen LogP contribution in [0.5, 0.6) is 5.75 Å². The van der Waals surface area contributed by atoms with Crippen molar-refractivity contribution in [2.75, 3.05) is 0 Å². The SMILES string of the molecule is CC(=O)c1cc(F)ccc1OCc1nnc(-c2ccc(Cl)cc2)o1. The molecule has 2 aromatic carbocycles. The monoisotopic (exact) mass is 346 g/mol. The van der Waals surface area contributed by atoms with Gasteiger partial charge in [0.2, 0.25) is 5.89 Å². The van der Waals surface area contributed by atoms with E-state index >= 15 is 0 Å². The summed E-state index contributed by atoms with van der Waals surface area (Å²) in [6.07, 6.45) is 0. The van der Waals surface area contributed by atoms with E-state index in [1.54, 1.807) is 24.3 Å². The summed E-state index contributed by atoms with van der Waals surface area (Å²) in [5, 5.41) is 8.43. The molecule has 3 aromatic rings. The molecule has 0 aliphatic carbocycles. The molecule has 0 bridgehead atoms. The average Bonchev–Trinajstić information content (AvgIpc) is 3.03. The second-order valence-electron chi connectivity index (χ2n) is 4.99. The number of Topliss-reactive ketones (excluding diaryl/α,β-unsaturated/α-hetero) is 1. The summed E-state index contributed by atoms with van der Waals surface area (Å²) in [6, 6.07) is 10.7. The topological polar surface area (TPSA) is 65.2 Å². The first-order valence-electron chi connectivity index (χ1n) is 7.04. The summed E-state index contributed by atoms with van der Waals surface area (Å²) >= 11 is 5.83. The minimum atomic E-state index is -0.504. The number of hydrogen-bond donors (Lipinski definition) is 0. The van der Waals surface area contributed by atoms with E-state index in [0.29, 0.717) is 10.9 Å². The zero-order valence-corrected chi connectivity index (χ0v) is 13.4. The van der Waals surface area contributed by atoms with Gasteiger partial charge in [0, 0.05) is 10.6 Å². The number of ketones is 1. The molecule has 0 aliphatic heterocycles. The number of hydrogen-bond acceptors (Lipinski definition) is 5. The van der Waals surface area contributed by atoms with E-state index in [1.807, 2.05) is 0 Å². The number of halogens is 2. The first-order valence-corrected chi connectivity index (χ1v) is 7.42. The Balaban J connectivity index is 1.74. The summed E-state index contributed by atoms with van der Waals surface area (Å²) in [6.45, 7) is 1.31. The molecule has 0 saturated heterocycles. The zero-order valence-electron chi connectivity index (χ0n) is 12.6. The third-order valence-electron chi connectivity index (χ3n) is 3.23. The summed E-state index contributed by atoms with van der Waals surface area (Å²) < 4.78 is 24.2. The van der Waals surface area contributed by atoms with Crippen molar-refractivity contribution >= 4 is 17.4 Å². The van der Waals surface area contributed by atoms with Crippen LogP contribution in [0.4, 0.5) is 4.39 Å². The molecule has 0 radical (unpaired) electrons. The molecule has 0 aliphatic rings. The van der Waals surface area contributed by atoms with E-state index in [9.17, 15) is 9.18 Å². The summed E-state index contributed by atoms with van der Waals surface area (Å²) in [7, 11) is 0. The van der Waals surface area contributed by atoms with Gasteiger partial charge in [-0.2, -0.15) is 0 Å². The highest BCUT2D eigenvalue weighted by Gasteiger charge is 2.13. The first-order chi connectivity index (χ1) is 11.5. The molecule has 1 aromatic heterocycles. The van der Waals surface area contributed by atoms with Crippen LogP contribution >= 0.6 is 11.6 Å². The van der Waals surface area contributed by atoms with Gasteiger partial charge in [0.1, 0.15) is 11.6 Å². The number of carbonyl (C=O) groups excluding carboxylic acids is 1. The molecule has 0 N–H and O–H groups in total. The predicted molar refractivity (Wildman–Crippen MR) is 85.5 cm³/mol. The maximum Gasteiger partial charge on any atom is 0.254 e. The largest absolute Gasteiger partial charge is 0.483 e. The Morgan fingerprint density at radius 3 is 2.67 bits per heavy atom. The van der Waals surface area contributed by atoms with Gasteiger partial charge < -0.3 is 9.15 Å². The normalized spacial score (nSPS) is 10.6. The standard InChI is InChI=1S/C17H12ClFN2O3/c1-10(22)14-8-13(19)6-7-15(14)23-9-16-20-21-17(24-16)11-2-4-12(18)5-3-11/h2-8H,9H2,1H3. The van der Waals surface area contributed by atoms with Gasteiger partial charge in [0.05, 0.1) is 5.56 Å². The van der Waals surface area contributed by atoms with Crippen molar-refractivity contribution in [3.05, 3.63) is 64.8 Å². The lowest BCUT2D eigenvalue weighted by Gasteiger charge is -2.07. The molecular formula is C17H12ClFN2O3. The second-order valence-corrected chi connectivity index (χ2v) is 5.43. The molecule has 1 heterocycles. The van der Waals surface area contributed by atoms with Gasteiger partial charge >= 0.3 is 0 Å². The van der Waals surface area contributed by atoms with Crippen LogP contribution in [-0.4, -0.2) is 16.0 Å². The summed E-state index contributed by atoms with van der Waals surface area (Å²) in [5.41, 5.74) is 0.886. The minimum Gasteiger partial charge on any atom is -0.483 e. The lowest BCUT2D eigenvalue weighted by Crippen LogP contribution is -2.02. The van der Waals surface area contributed by atoms with Crippen molar-refractivity contribution in [1.29, 1.82) is 0 Å². The molecular weight excluding hydrogens is 335 g/mol.